The van der Waals surface area contributed by atoms with Gasteiger partial charge in [-0.3, -0.25) is 28.8 Å². The average molecular weight is 718 g/mol. The maximum absolute atomic E-state index is 13.6. The summed E-state index contributed by atoms with van der Waals surface area (Å²) >= 11 is 0. The van der Waals surface area contributed by atoms with E-state index in [1.54, 1.807) is 50.2 Å². The molecule has 53 heavy (non-hydrogen) atoms. The highest BCUT2D eigenvalue weighted by atomic mass is 16.2. The summed E-state index contributed by atoms with van der Waals surface area (Å²) in [5, 5.41) is 13.4. The third-order valence-corrected chi connectivity index (χ3v) is 8.57. The van der Waals surface area contributed by atoms with Gasteiger partial charge in [-0.1, -0.05) is 121 Å². The summed E-state index contributed by atoms with van der Waals surface area (Å²) in [6.45, 7) is 4.82. The van der Waals surface area contributed by atoms with Gasteiger partial charge in [0.05, 0.1) is 12.5 Å². The molecule has 4 aromatic carbocycles. The molecule has 0 radical (unpaired) electrons. The Labute approximate surface area is 310 Å². The second-order valence-corrected chi connectivity index (χ2v) is 13.4. The molecule has 0 aliphatic rings. The molecule has 276 valence electrons. The highest BCUT2D eigenvalue weighted by molar-refractivity contribution is 6.38. The van der Waals surface area contributed by atoms with E-state index in [-0.39, 0.29) is 25.2 Å². The lowest BCUT2D eigenvalue weighted by Gasteiger charge is -2.28. The smallest absolute Gasteiger partial charge is 0.290 e. The largest absolute Gasteiger partial charge is 0.354 e. The maximum Gasteiger partial charge on any atom is 0.290 e. The molecule has 3 atom stereocenters. The van der Waals surface area contributed by atoms with Crippen LogP contribution in [0.3, 0.4) is 0 Å². The van der Waals surface area contributed by atoms with Crippen molar-refractivity contribution in [1.29, 1.82) is 0 Å². The van der Waals surface area contributed by atoms with Crippen molar-refractivity contribution in [2.24, 2.45) is 0 Å². The molecule has 11 nitrogen and oxygen atoms in total. The van der Waals surface area contributed by atoms with Crippen LogP contribution in [0.25, 0.3) is 0 Å². The molecule has 0 aromatic heterocycles. The van der Waals surface area contributed by atoms with Crippen LogP contribution in [0.15, 0.2) is 121 Å². The van der Waals surface area contributed by atoms with Crippen molar-refractivity contribution in [2.45, 2.75) is 70.1 Å². The average Bonchev–Trinajstić information content (AvgIpc) is 3.15. The molecular formula is C42H47N5O6. The van der Waals surface area contributed by atoms with Crippen molar-refractivity contribution in [3.8, 4) is 0 Å². The lowest BCUT2D eigenvalue weighted by molar-refractivity contribution is -0.142. The Balaban J connectivity index is 1.40. The second kappa shape index (κ2) is 19.5. The first kappa shape index (κ1) is 39.7. The van der Waals surface area contributed by atoms with Gasteiger partial charge in [-0.2, -0.15) is 0 Å². The Morgan fingerprint density at radius 3 is 1.53 bits per heavy atom. The summed E-state index contributed by atoms with van der Waals surface area (Å²) in [7, 11) is 0. The minimum Gasteiger partial charge on any atom is -0.354 e. The van der Waals surface area contributed by atoms with Gasteiger partial charge in [0.1, 0.15) is 17.6 Å². The molecular weight excluding hydrogens is 670 g/mol. The van der Waals surface area contributed by atoms with E-state index in [0.29, 0.717) is 18.5 Å². The van der Waals surface area contributed by atoms with Crippen molar-refractivity contribution in [2.75, 3.05) is 6.54 Å². The Morgan fingerprint density at radius 2 is 1.02 bits per heavy atom. The zero-order chi connectivity index (χ0) is 38.2. The molecule has 0 spiro atoms. The van der Waals surface area contributed by atoms with E-state index in [2.05, 4.69) is 26.6 Å². The Morgan fingerprint density at radius 1 is 0.566 bits per heavy atom. The van der Waals surface area contributed by atoms with Crippen LogP contribution in [0.2, 0.25) is 0 Å². The van der Waals surface area contributed by atoms with Crippen LogP contribution in [0.5, 0.6) is 0 Å². The van der Waals surface area contributed by atoms with E-state index in [0.717, 1.165) is 16.7 Å². The number of hydrogen-bond donors (Lipinski definition) is 5. The van der Waals surface area contributed by atoms with E-state index in [4.69, 9.17) is 0 Å². The first-order chi connectivity index (χ1) is 25.4. The van der Waals surface area contributed by atoms with Crippen LogP contribution in [0.1, 0.15) is 43.0 Å². The molecule has 5 amide bonds. The summed E-state index contributed by atoms with van der Waals surface area (Å²) in [4.78, 5) is 79.9. The van der Waals surface area contributed by atoms with Gasteiger partial charge in [0.15, 0.2) is 0 Å². The number of carbonyl (C=O) groups excluding carboxylic acids is 6. The van der Waals surface area contributed by atoms with Gasteiger partial charge in [-0.25, -0.2) is 0 Å². The Hall–Kier alpha value is -6.10. The van der Waals surface area contributed by atoms with Gasteiger partial charge >= 0.3 is 0 Å². The van der Waals surface area contributed by atoms with E-state index in [9.17, 15) is 28.8 Å². The molecule has 0 aliphatic carbocycles. The predicted octanol–water partition coefficient (Wildman–Crippen LogP) is 3.01. The molecule has 4 aromatic rings. The summed E-state index contributed by atoms with van der Waals surface area (Å²) in [6.07, 6.45) is 0.834. The number of nitrogens with one attached hydrogen (secondary N) is 5. The lowest BCUT2D eigenvalue weighted by Crippen LogP contribution is -2.61. The number of benzene rings is 4. The van der Waals surface area contributed by atoms with Crippen molar-refractivity contribution in [3.63, 3.8) is 0 Å². The molecule has 0 fully saturated rings. The van der Waals surface area contributed by atoms with Gasteiger partial charge in [-0.05, 0) is 49.4 Å². The van der Waals surface area contributed by atoms with E-state index in [1.807, 2.05) is 84.9 Å². The molecule has 4 rings (SSSR count). The molecule has 0 saturated heterocycles. The predicted molar refractivity (Wildman–Crippen MR) is 202 cm³/mol. The first-order valence-electron chi connectivity index (χ1n) is 17.6. The molecule has 0 bridgehead atoms. The third-order valence-electron chi connectivity index (χ3n) is 8.57. The second-order valence-electron chi connectivity index (χ2n) is 13.4. The van der Waals surface area contributed by atoms with Crippen LogP contribution in [0, 0.1) is 0 Å². The van der Waals surface area contributed by atoms with Crippen molar-refractivity contribution in [3.05, 3.63) is 144 Å². The van der Waals surface area contributed by atoms with Gasteiger partial charge in [0.25, 0.3) is 5.91 Å². The zero-order valence-electron chi connectivity index (χ0n) is 30.3. The molecule has 5 N–H and O–H groups in total. The summed E-state index contributed by atoms with van der Waals surface area (Å²) in [6, 6.07) is 33.2. The van der Waals surface area contributed by atoms with Gasteiger partial charge in [-0.15, -0.1) is 0 Å². The van der Waals surface area contributed by atoms with E-state index < -0.39 is 53.1 Å². The number of carbonyl (C=O) groups is 6. The number of hydrogen-bond acceptors (Lipinski definition) is 6. The molecule has 3 unspecified atom stereocenters. The minimum absolute atomic E-state index is 0.0325. The Bertz CT molecular complexity index is 1840. The summed E-state index contributed by atoms with van der Waals surface area (Å²) < 4.78 is 0. The number of amides is 5. The van der Waals surface area contributed by atoms with Gasteiger partial charge in [0.2, 0.25) is 29.4 Å². The fourth-order valence-corrected chi connectivity index (χ4v) is 5.59. The molecule has 0 heterocycles. The third kappa shape index (κ3) is 12.9. The van der Waals surface area contributed by atoms with Crippen LogP contribution in [0.4, 0.5) is 0 Å². The highest BCUT2D eigenvalue weighted by Crippen LogP contribution is 2.10. The summed E-state index contributed by atoms with van der Waals surface area (Å²) in [5.41, 5.74) is 1.96. The summed E-state index contributed by atoms with van der Waals surface area (Å²) in [5.74, 6) is -4.20. The van der Waals surface area contributed by atoms with Crippen molar-refractivity contribution < 1.29 is 28.8 Å². The van der Waals surface area contributed by atoms with Crippen molar-refractivity contribution in [1.82, 2.24) is 26.6 Å². The lowest BCUT2D eigenvalue weighted by atomic mass is 10.00. The number of Topliss-reactive ketones (excluding diaryl/α,β-unsaturated/α-hetero) is 1. The van der Waals surface area contributed by atoms with E-state index >= 15 is 0 Å². The van der Waals surface area contributed by atoms with Crippen LogP contribution in [-0.2, 0) is 54.5 Å². The molecule has 0 aliphatic heterocycles. The first-order valence-corrected chi connectivity index (χ1v) is 17.6. The maximum atomic E-state index is 13.6. The molecule has 11 heteroatoms. The van der Waals surface area contributed by atoms with Crippen LogP contribution in [-0.4, -0.2) is 65.5 Å². The minimum atomic E-state index is -1.35. The number of ketones is 1. The van der Waals surface area contributed by atoms with Crippen LogP contribution >= 0.6 is 0 Å². The monoisotopic (exact) mass is 717 g/mol. The van der Waals surface area contributed by atoms with E-state index in [1.165, 1.54) is 6.92 Å². The fraction of sp³-hybridized carbons (Fsp3) is 0.286. The van der Waals surface area contributed by atoms with Crippen LogP contribution < -0.4 is 26.6 Å². The number of rotatable bonds is 18. The normalized spacial score (nSPS) is 12.7. The van der Waals surface area contributed by atoms with Gasteiger partial charge < -0.3 is 26.6 Å². The Kier molecular flexibility index (Phi) is 14.6. The standard InChI is InChI=1S/C42H47N5O6/c1-29(44-38(50)34(26-31-18-10-5-11-19-31)45-36(48)28-33-22-14-7-15-23-33)37(49)40(52)46-35(27-32-20-12-6-13-21-32)39(51)47-42(2,3)41(53)43-25-24-30-16-8-4-9-17-30/h4-23,29,34-35H,24-28H2,1-3H3,(H,43,53)(H,44,50)(H,45,48)(H,46,52)(H,47,51). The van der Waals surface area contributed by atoms with Crippen molar-refractivity contribution >= 4 is 35.3 Å². The topological polar surface area (TPSA) is 163 Å². The fourth-order valence-electron chi connectivity index (χ4n) is 5.59. The molecule has 0 saturated carbocycles. The van der Waals surface area contributed by atoms with Gasteiger partial charge in [0, 0.05) is 19.4 Å². The zero-order valence-corrected chi connectivity index (χ0v) is 30.3. The SMILES string of the molecule is CC(NC(=O)C(Cc1ccccc1)NC(=O)Cc1ccccc1)C(=O)C(=O)NC(Cc1ccccc1)C(=O)NC(C)(C)C(=O)NCCc1ccccc1. The quantitative estimate of drug-likeness (QED) is 0.0995. The highest BCUT2D eigenvalue weighted by Gasteiger charge is 2.35.